The normalized spacial score (nSPS) is 27.5. The van der Waals surface area contributed by atoms with Crippen molar-refractivity contribution in [2.24, 2.45) is 5.41 Å². The standard InChI is InChI=1S/C18H28N2.ClH/c1-15-5-3-4-6-17(15)16-7-11-20(12-8-16)14-18(2)9-10-19-13-18;/h3-6,16,19H,7-14H2,1-2H3;1H. The molecule has 1 atom stereocenters. The number of nitrogens with zero attached hydrogens (tertiary/aromatic N) is 1. The van der Waals surface area contributed by atoms with E-state index in [1.165, 1.54) is 57.5 Å². The van der Waals surface area contributed by atoms with Crippen LogP contribution in [0, 0.1) is 12.3 Å². The van der Waals surface area contributed by atoms with Gasteiger partial charge in [0.05, 0.1) is 0 Å². The molecule has 0 spiro atoms. The lowest BCUT2D eigenvalue weighted by atomic mass is 9.84. The molecule has 1 N–H and O–H groups in total. The molecule has 3 heteroatoms. The average Bonchev–Trinajstić information content (AvgIpc) is 2.87. The van der Waals surface area contributed by atoms with Gasteiger partial charge in [-0.05, 0) is 68.3 Å². The predicted octanol–water partition coefficient (Wildman–Crippen LogP) is 3.60. The van der Waals surface area contributed by atoms with Crippen LogP contribution < -0.4 is 5.32 Å². The second-order valence-corrected chi connectivity index (χ2v) is 7.14. The highest BCUT2D eigenvalue weighted by Gasteiger charge is 2.32. The number of hydrogen-bond acceptors (Lipinski definition) is 2. The van der Waals surface area contributed by atoms with Gasteiger partial charge in [0.25, 0.3) is 0 Å². The van der Waals surface area contributed by atoms with Crippen LogP contribution in [0.4, 0.5) is 0 Å². The lowest BCUT2D eigenvalue weighted by molar-refractivity contribution is 0.144. The topological polar surface area (TPSA) is 15.3 Å². The van der Waals surface area contributed by atoms with E-state index in [-0.39, 0.29) is 12.4 Å². The Morgan fingerprint density at radius 3 is 2.57 bits per heavy atom. The van der Waals surface area contributed by atoms with E-state index in [2.05, 4.69) is 48.3 Å². The number of hydrogen-bond donors (Lipinski definition) is 1. The second kappa shape index (κ2) is 7.13. The van der Waals surface area contributed by atoms with E-state index in [4.69, 9.17) is 0 Å². The van der Waals surface area contributed by atoms with Gasteiger partial charge in [-0.3, -0.25) is 0 Å². The van der Waals surface area contributed by atoms with Gasteiger partial charge in [0, 0.05) is 13.1 Å². The first-order valence-corrected chi connectivity index (χ1v) is 8.15. The van der Waals surface area contributed by atoms with Crippen molar-refractivity contribution in [1.29, 1.82) is 0 Å². The first-order chi connectivity index (χ1) is 9.66. The van der Waals surface area contributed by atoms with E-state index in [1.54, 1.807) is 5.56 Å². The van der Waals surface area contributed by atoms with E-state index in [1.807, 2.05) is 0 Å². The maximum atomic E-state index is 3.52. The Kier molecular flexibility index (Phi) is 5.70. The number of halogens is 1. The lowest BCUT2D eigenvalue weighted by Crippen LogP contribution is -2.41. The average molecular weight is 309 g/mol. The molecule has 0 aliphatic carbocycles. The largest absolute Gasteiger partial charge is 0.316 e. The Labute approximate surface area is 135 Å². The zero-order chi connectivity index (χ0) is 14.0. The van der Waals surface area contributed by atoms with E-state index >= 15 is 0 Å². The summed E-state index contributed by atoms with van der Waals surface area (Å²) in [6, 6.07) is 8.94. The fraction of sp³-hybridized carbons (Fsp3) is 0.667. The first kappa shape index (κ1) is 16.8. The molecule has 118 valence electrons. The highest BCUT2D eigenvalue weighted by molar-refractivity contribution is 5.85. The number of aryl methyl sites for hydroxylation is 1. The van der Waals surface area contributed by atoms with Crippen LogP contribution in [-0.2, 0) is 0 Å². The van der Waals surface area contributed by atoms with Crippen molar-refractivity contribution >= 4 is 12.4 Å². The van der Waals surface area contributed by atoms with Crippen LogP contribution in [-0.4, -0.2) is 37.6 Å². The molecule has 0 aromatic heterocycles. The van der Waals surface area contributed by atoms with Crippen LogP contribution in [0.2, 0.25) is 0 Å². The van der Waals surface area contributed by atoms with E-state index in [0.717, 1.165) is 5.92 Å². The molecule has 21 heavy (non-hydrogen) atoms. The molecular weight excluding hydrogens is 280 g/mol. The lowest BCUT2D eigenvalue weighted by Gasteiger charge is -2.37. The van der Waals surface area contributed by atoms with Crippen LogP contribution in [0.3, 0.4) is 0 Å². The van der Waals surface area contributed by atoms with Crippen molar-refractivity contribution < 1.29 is 0 Å². The van der Waals surface area contributed by atoms with Crippen molar-refractivity contribution in [3.63, 3.8) is 0 Å². The summed E-state index contributed by atoms with van der Waals surface area (Å²) < 4.78 is 0. The first-order valence-electron chi connectivity index (χ1n) is 8.15. The molecule has 0 saturated carbocycles. The summed E-state index contributed by atoms with van der Waals surface area (Å²) in [7, 11) is 0. The molecule has 3 rings (SSSR count). The third-order valence-corrected chi connectivity index (χ3v) is 5.28. The minimum absolute atomic E-state index is 0. The minimum Gasteiger partial charge on any atom is -0.316 e. The van der Waals surface area contributed by atoms with Crippen molar-refractivity contribution in [3.05, 3.63) is 35.4 Å². The summed E-state index contributed by atoms with van der Waals surface area (Å²) in [5, 5.41) is 3.52. The Morgan fingerprint density at radius 2 is 1.95 bits per heavy atom. The monoisotopic (exact) mass is 308 g/mol. The molecule has 1 aromatic rings. The van der Waals surface area contributed by atoms with Gasteiger partial charge in [0.2, 0.25) is 0 Å². The van der Waals surface area contributed by atoms with E-state index in [0.29, 0.717) is 5.41 Å². The predicted molar refractivity (Wildman–Crippen MR) is 92.4 cm³/mol. The highest BCUT2D eigenvalue weighted by atomic mass is 35.5. The van der Waals surface area contributed by atoms with E-state index < -0.39 is 0 Å². The minimum atomic E-state index is 0. The fourth-order valence-corrected chi connectivity index (χ4v) is 3.99. The Balaban J connectivity index is 0.00000161. The molecule has 2 aliphatic rings. The Hall–Kier alpha value is -0.570. The van der Waals surface area contributed by atoms with Crippen LogP contribution in [0.5, 0.6) is 0 Å². The van der Waals surface area contributed by atoms with Gasteiger partial charge in [-0.1, -0.05) is 31.2 Å². The van der Waals surface area contributed by atoms with Gasteiger partial charge < -0.3 is 10.2 Å². The van der Waals surface area contributed by atoms with Crippen LogP contribution in [0.25, 0.3) is 0 Å². The third kappa shape index (κ3) is 4.00. The highest BCUT2D eigenvalue weighted by Crippen LogP contribution is 2.32. The van der Waals surface area contributed by atoms with Crippen molar-refractivity contribution in [2.45, 2.75) is 39.0 Å². The molecule has 2 saturated heterocycles. The molecule has 2 aliphatic heterocycles. The van der Waals surface area contributed by atoms with Crippen molar-refractivity contribution in [1.82, 2.24) is 10.2 Å². The van der Waals surface area contributed by atoms with Gasteiger partial charge in [0.15, 0.2) is 0 Å². The SMILES string of the molecule is Cc1ccccc1C1CCN(CC2(C)CCNC2)CC1.Cl. The molecule has 1 aromatic carbocycles. The zero-order valence-electron chi connectivity index (χ0n) is 13.4. The molecule has 0 amide bonds. The smallest absolute Gasteiger partial charge is 0.00480 e. The number of rotatable bonds is 3. The summed E-state index contributed by atoms with van der Waals surface area (Å²) in [6.07, 6.45) is 3.99. The second-order valence-electron chi connectivity index (χ2n) is 7.14. The summed E-state index contributed by atoms with van der Waals surface area (Å²) in [4.78, 5) is 2.70. The quantitative estimate of drug-likeness (QED) is 0.918. The molecule has 0 bridgehead atoms. The van der Waals surface area contributed by atoms with Gasteiger partial charge in [-0.2, -0.15) is 0 Å². The molecule has 2 nitrogen and oxygen atoms in total. The van der Waals surface area contributed by atoms with E-state index in [9.17, 15) is 0 Å². The molecule has 0 radical (unpaired) electrons. The zero-order valence-corrected chi connectivity index (χ0v) is 14.2. The Bertz CT molecular complexity index is 446. The van der Waals surface area contributed by atoms with Gasteiger partial charge in [0.1, 0.15) is 0 Å². The van der Waals surface area contributed by atoms with Crippen LogP contribution >= 0.6 is 12.4 Å². The number of nitrogens with one attached hydrogen (secondary N) is 1. The van der Waals surface area contributed by atoms with Crippen LogP contribution in [0.15, 0.2) is 24.3 Å². The molecule has 2 heterocycles. The molecule has 1 unspecified atom stereocenters. The molecule has 2 fully saturated rings. The maximum Gasteiger partial charge on any atom is 0.00480 e. The summed E-state index contributed by atoms with van der Waals surface area (Å²) in [6.45, 7) is 10.9. The summed E-state index contributed by atoms with van der Waals surface area (Å²) in [5.74, 6) is 0.780. The number of benzene rings is 1. The van der Waals surface area contributed by atoms with Gasteiger partial charge in [-0.25, -0.2) is 0 Å². The van der Waals surface area contributed by atoms with Crippen LogP contribution in [0.1, 0.15) is 43.2 Å². The maximum absolute atomic E-state index is 3.52. The molecular formula is C18H29ClN2. The Morgan fingerprint density at radius 1 is 1.24 bits per heavy atom. The number of likely N-dealkylation sites (tertiary alicyclic amines) is 1. The summed E-state index contributed by atoms with van der Waals surface area (Å²) in [5.41, 5.74) is 3.56. The van der Waals surface area contributed by atoms with Gasteiger partial charge in [-0.15, -0.1) is 12.4 Å². The third-order valence-electron chi connectivity index (χ3n) is 5.28. The van der Waals surface area contributed by atoms with Gasteiger partial charge >= 0.3 is 0 Å². The number of piperidine rings is 1. The van der Waals surface area contributed by atoms with Crippen molar-refractivity contribution in [3.8, 4) is 0 Å². The van der Waals surface area contributed by atoms with Crippen molar-refractivity contribution in [2.75, 3.05) is 32.7 Å². The summed E-state index contributed by atoms with van der Waals surface area (Å²) >= 11 is 0. The fourth-order valence-electron chi connectivity index (χ4n) is 3.99.